The van der Waals surface area contributed by atoms with Gasteiger partial charge in [-0.05, 0) is 78.8 Å². The second-order valence-electron chi connectivity index (χ2n) is 15.4. The van der Waals surface area contributed by atoms with E-state index in [1.807, 2.05) is 85.1 Å². The zero-order chi connectivity index (χ0) is 45.1. The first kappa shape index (κ1) is 45.5. The first-order valence-corrected chi connectivity index (χ1v) is 21.0. The van der Waals surface area contributed by atoms with Crippen LogP contribution in [0.5, 0.6) is 11.5 Å². The van der Waals surface area contributed by atoms with Gasteiger partial charge < -0.3 is 33.5 Å². The number of nitro benzene ring substituents is 1. The predicted octanol–water partition coefficient (Wildman–Crippen LogP) is 5.62. The highest BCUT2D eigenvalue weighted by Gasteiger charge is 2.43. The molecule has 17 nitrogen and oxygen atoms in total. The molecule has 0 aliphatic carbocycles. The summed E-state index contributed by atoms with van der Waals surface area (Å²) < 4.78 is 40.0. The van der Waals surface area contributed by atoms with Crippen LogP contribution in [0.1, 0.15) is 64.6 Å². The van der Waals surface area contributed by atoms with Crippen molar-refractivity contribution in [2.45, 2.75) is 69.6 Å². The number of nitrogens with zero attached hydrogens (tertiary/aromatic N) is 5. The van der Waals surface area contributed by atoms with Gasteiger partial charge in [-0.15, -0.1) is 5.10 Å². The number of benzene rings is 4. The molecule has 2 N–H and O–H groups in total. The fourth-order valence-electron chi connectivity index (χ4n) is 7.91. The van der Waals surface area contributed by atoms with E-state index in [0.29, 0.717) is 42.0 Å². The molecule has 0 radical (unpaired) electrons. The smallest absolute Gasteiger partial charge is 0.330 e. The largest absolute Gasteiger partial charge is 0.497 e. The fourth-order valence-corrected chi connectivity index (χ4v) is 7.91. The molecule has 1 fully saturated rings. The highest BCUT2D eigenvalue weighted by Crippen LogP contribution is 2.43. The van der Waals surface area contributed by atoms with Crippen molar-refractivity contribution >= 4 is 5.69 Å². The van der Waals surface area contributed by atoms with Gasteiger partial charge in [0.2, 0.25) is 0 Å². The molecule has 4 aromatic carbocycles. The van der Waals surface area contributed by atoms with E-state index in [1.54, 1.807) is 38.0 Å². The summed E-state index contributed by atoms with van der Waals surface area (Å²) in [6.07, 6.45) is 3.70. The van der Waals surface area contributed by atoms with Gasteiger partial charge in [0.25, 0.3) is 11.2 Å². The van der Waals surface area contributed by atoms with Gasteiger partial charge in [-0.25, -0.2) is 9.48 Å². The quantitative estimate of drug-likeness (QED) is 0.0280. The van der Waals surface area contributed by atoms with Crippen molar-refractivity contribution in [1.29, 1.82) is 0 Å². The zero-order valence-electron chi connectivity index (χ0n) is 36.0. The number of aliphatic hydroxyl groups is 1. The van der Waals surface area contributed by atoms with E-state index < -0.39 is 40.2 Å². The number of unbranched alkanes of at least 4 members (excludes halogenated alkanes) is 1. The van der Waals surface area contributed by atoms with Crippen LogP contribution in [-0.4, -0.2) is 87.6 Å². The zero-order valence-corrected chi connectivity index (χ0v) is 36.0. The van der Waals surface area contributed by atoms with Gasteiger partial charge in [-0.1, -0.05) is 65.9 Å². The average molecular weight is 877 g/mol. The van der Waals surface area contributed by atoms with Crippen LogP contribution in [-0.2, 0) is 43.9 Å². The van der Waals surface area contributed by atoms with Crippen molar-refractivity contribution < 1.29 is 38.5 Å². The molecular formula is C47H52N6O11. The molecule has 336 valence electrons. The standard InChI is InChI=1S/C47H52N6O11/c1-32-27-52(46(56)48-45(32)55)44-26-42(62-31-61-24-22-34-25-33(12-21-41(34)53(57)58)28-51-29-38(49-50-51)11-7-8-23-54)43(64-44)30-63-47(35-9-5-4-6-10-35,36-13-17-39(59-2)18-14-36)37-15-19-40(60-3)20-16-37/h4-6,9-10,12-21,25,27,29,42-44,54H,7-8,11,22-24,26,28,30-31H2,1-3H3,(H,48,55,56)/t42-,43+,44+/m0/s1. The maximum Gasteiger partial charge on any atom is 0.330 e. The van der Waals surface area contributed by atoms with Crippen LogP contribution < -0.4 is 20.7 Å². The molecule has 0 spiro atoms. The number of aromatic nitrogens is 5. The Morgan fingerprint density at radius 2 is 1.59 bits per heavy atom. The Kier molecular flexibility index (Phi) is 15.1. The van der Waals surface area contributed by atoms with Gasteiger partial charge in [0.05, 0.1) is 50.7 Å². The minimum Gasteiger partial charge on any atom is -0.497 e. The highest BCUT2D eigenvalue weighted by molar-refractivity contribution is 5.50. The predicted molar refractivity (Wildman–Crippen MR) is 234 cm³/mol. The maximum atomic E-state index is 13.1. The Morgan fingerprint density at radius 1 is 0.906 bits per heavy atom. The molecule has 0 saturated carbocycles. The summed E-state index contributed by atoms with van der Waals surface area (Å²) in [7, 11) is 3.21. The minimum absolute atomic E-state index is 0.0138. The van der Waals surface area contributed by atoms with Crippen molar-refractivity contribution in [3.63, 3.8) is 0 Å². The molecule has 1 aliphatic heterocycles. The number of rotatable bonds is 22. The second kappa shape index (κ2) is 21.2. The van der Waals surface area contributed by atoms with Gasteiger partial charge in [0, 0.05) is 49.0 Å². The van der Waals surface area contributed by atoms with E-state index in [9.17, 15) is 19.7 Å². The van der Waals surface area contributed by atoms with E-state index >= 15 is 0 Å². The number of hydrogen-bond acceptors (Lipinski definition) is 13. The molecule has 1 aliphatic rings. The number of nitro groups is 1. The molecule has 2 aromatic heterocycles. The van der Waals surface area contributed by atoms with Gasteiger partial charge in [0.15, 0.2) is 0 Å². The molecule has 0 bridgehead atoms. The van der Waals surface area contributed by atoms with Gasteiger partial charge in [0.1, 0.15) is 36.2 Å². The summed E-state index contributed by atoms with van der Waals surface area (Å²) in [5, 5.41) is 29.5. The van der Waals surface area contributed by atoms with Crippen LogP contribution in [0.15, 0.2) is 119 Å². The topological polar surface area (TPSA) is 204 Å². The summed E-state index contributed by atoms with van der Waals surface area (Å²) in [6, 6.07) is 30.0. The first-order valence-electron chi connectivity index (χ1n) is 21.0. The van der Waals surface area contributed by atoms with E-state index in [4.69, 9.17) is 33.5 Å². The van der Waals surface area contributed by atoms with Crippen LogP contribution in [0.3, 0.4) is 0 Å². The van der Waals surface area contributed by atoms with Crippen molar-refractivity contribution in [2.75, 3.05) is 40.8 Å². The lowest BCUT2D eigenvalue weighted by Gasteiger charge is -2.37. The average Bonchev–Trinajstić information content (AvgIpc) is 3.94. The number of nitrogens with one attached hydrogen (secondary N) is 1. The number of methoxy groups -OCH3 is 2. The summed E-state index contributed by atoms with van der Waals surface area (Å²) in [4.78, 5) is 39.4. The Balaban J connectivity index is 1.11. The molecule has 17 heteroatoms. The third-order valence-electron chi connectivity index (χ3n) is 11.3. The van der Waals surface area contributed by atoms with Crippen LogP contribution in [0.25, 0.3) is 0 Å². The SMILES string of the molecule is COc1ccc(C(OC[C@H]2O[C@@H](n3cc(C)c(=O)[nH]c3=O)C[C@@H]2OCOCCc2cc(Cn3cc(CCCCO)nn3)ccc2[N+](=O)[O-])(c2ccccc2)c2ccc(OC)cc2)cc1. The van der Waals surface area contributed by atoms with Gasteiger partial charge in [-0.3, -0.25) is 24.5 Å². The lowest BCUT2D eigenvalue weighted by atomic mass is 9.80. The molecular weight excluding hydrogens is 825 g/mol. The lowest BCUT2D eigenvalue weighted by molar-refractivity contribution is -0.385. The van der Waals surface area contributed by atoms with Crippen LogP contribution in [0, 0.1) is 17.0 Å². The molecule has 3 heterocycles. The minimum atomic E-state index is -1.17. The summed E-state index contributed by atoms with van der Waals surface area (Å²) in [6.45, 7) is 2.00. The Hall–Kier alpha value is -6.50. The van der Waals surface area contributed by atoms with Gasteiger partial charge in [-0.2, -0.15) is 0 Å². The molecule has 64 heavy (non-hydrogen) atoms. The lowest BCUT2D eigenvalue weighted by Crippen LogP contribution is -2.39. The molecule has 3 atom stereocenters. The number of aliphatic hydroxyl groups excluding tert-OH is 1. The van der Waals surface area contributed by atoms with Crippen LogP contribution >= 0.6 is 0 Å². The maximum absolute atomic E-state index is 13.1. The number of ether oxygens (including phenoxy) is 6. The highest BCUT2D eigenvalue weighted by atomic mass is 16.7. The summed E-state index contributed by atoms with van der Waals surface area (Å²) in [5.41, 5.74) is 2.59. The van der Waals surface area contributed by atoms with Crippen molar-refractivity contribution in [3.8, 4) is 11.5 Å². The molecule has 7 rings (SSSR count). The van der Waals surface area contributed by atoms with Crippen LogP contribution in [0.2, 0.25) is 0 Å². The number of hydrogen-bond donors (Lipinski definition) is 2. The molecule has 0 unspecified atom stereocenters. The molecule has 6 aromatic rings. The van der Waals surface area contributed by atoms with Crippen molar-refractivity contribution in [3.05, 3.63) is 179 Å². The fraction of sp³-hybridized carbons (Fsp3) is 0.362. The van der Waals surface area contributed by atoms with Gasteiger partial charge >= 0.3 is 5.69 Å². The number of H-pyrrole nitrogens is 1. The van der Waals surface area contributed by atoms with Crippen LogP contribution in [0.4, 0.5) is 5.69 Å². The van der Waals surface area contributed by atoms with Crippen molar-refractivity contribution in [1.82, 2.24) is 24.5 Å². The first-order chi connectivity index (χ1) is 31.1. The Labute approximate surface area is 369 Å². The van der Waals surface area contributed by atoms with E-state index in [-0.39, 0.29) is 45.1 Å². The normalized spacial score (nSPS) is 16.2. The van der Waals surface area contributed by atoms with E-state index in [2.05, 4.69) is 15.3 Å². The number of aryl methyl sites for hydroxylation is 2. The van der Waals surface area contributed by atoms with E-state index in [1.165, 1.54) is 16.8 Å². The summed E-state index contributed by atoms with van der Waals surface area (Å²) >= 11 is 0. The number of aromatic amines is 1. The summed E-state index contributed by atoms with van der Waals surface area (Å²) in [5.74, 6) is 1.35. The second-order valence-corrected chi connectivity index (χ2v) is 15.4. The molecule has 1 saturated heterocycles. The molecule has 0 amide bonds. The third kappa shape index (κ3) is 10.6. The van der Waals surface area contributed by atoms with E-state index in [0.717, 1.165) is 34.4 Å². The van der Waals surface area contributed by atoms with Crippen molar-refractivity contribution in [2.24, 2.45) is 0 Å². The third-order valence-corrected chi connectivity index (χ3v) is 11.3. The Bertz CT molecular complexity index is 2530. The monoisotopic (exact) mass is 876 g/mol. The Morgan fingerprint density at radius 3 is 2.25 bits per heavy atom.